The van der Waals surface area contributed by atoms with Gasteiger partial charge in [0.2, 0.25) is 16.4 Å². The van der Waals surface area contributed by atoms with Crippen LogP contribution in [-0.2, 0) is 14.8 Å². The van der Waals surface area contributed by atoms with Gasteiger partial charge in [-0.05, 0) is 24.5 Å². The summed E-state index contributed by atoms with van der Waals surface area (Å²) in [7, 11) is -0.459. The highest BCUT2D eigenvalue weighted by atomic mass is 32.2. The third-order valence-electron chi connectivity index (χ3n) is 4.56. The predicted molar refractivity (Wildman–Crippen MR) is 120 cm³/mol. The molecule has 9 heteroatoms. The summed E-state index contributed by atoms with van der Waals surface area (Å²) in [5.74, 6) is 0. The van der Waals surface area contributed by atoms with Gasteiger partial charge in [0.25, 0.3) is 0 Å². The number of amides is 3. The number of allylic oxidation sites excluding steroid dienone is 4. The van der Waals surface area contributed by atoms with Crippen molar-refractivity contribution in [3.63, 3.8) is 0 Å². The molecule has 3 amide bonds. The molecule has 0 heterocycles. The minimum Gasteiger partial charge on any atom is -0.345 e. The van der Waals surface area contributed by atoms with Crippen LogP contribution in [0.2, 0.25) is 0 Å². The van der Waals surface area contributed by atoms with Crippen LogP contribution in [0.4, 0.5) is 4.79 Å². The lowest BCUT2D eigenvalue weighted by Crippen LogP contribution is -2.42. The zero-order chi connectivity index (χ0) is 22.6. The SMILES string of the molecule is C=CCN(CCCN(C=O)CCC)C(=O)NCC1=CC=C(S(=O)(=O)N(C)C)CC=C1. The van der Waals surface area contributed by atoms with Crippen molar-refractivity contribution in [3.05, 3.63) is 47.4 Å². The van der Waals surface area contributed by atoms with E-state index in [2.05, 4.69) is 11.9 Å². The van der Waals surface area contributed by atoms with Gasteiger partial charge in [0.1, 0.15) is 0 Å². The first-order valence-corrected chi connectivity index (χ1v) is 11.5. The highest BCUT2D eigenvalue weighted by molar-refractivity contribution is 7.93. The lowest BCUT2D eigenvalue weighted by atomic mass is 10.2. The number of carbonyl (C=O) groups is 2. The summed E-state index contributed by atoms with van der Waals surface area (Å²) in [6.45, 7) is 8.21. The van der Waals surface area contributed by atoms with Gasteiger partial charge in [-0.1, -0.05) is 31.2 Å². The van der Waals surface area contributed by atoms with Gasteiger partial charge < -0.3 is 15.1 Å². The fourth-order valence-electron chi connectivity index (χ4n) is 2.88. The highest BCUT2D eigenvalue weighted by Crippen LogP contribution is 2.18. The van der Waals surface area contributed by atoms with Gasteiger partial charge in [-0.2, -0.15) is 0 Å². The maximum absolute atomic E-state index is 12.6. The van der Waals surface area contributed by atoms with Crippen molar-refractivity contribution in [2.45, 2.75) is 26.2 Å². The zero-order valence-corrected chi connectivity index (χ0v) is 19.0. The lowest BCUT2D eigenvalue weighted by molar-refractivity contribution is -0.118. The number of hydrogen-bond donors (Lipinski definition) is 1. The van der Waals surface area contributed by atoms with E-state index in [1.54, 1.807) is 34.1 Å². The molecule has 1 N–H and O–H groups in total. The first-order chi connectivity index (χ1) is 14.3. The molecule has 0 aromatic rings. The van der Waals surface area contributed by atoms with E-state index in [0.717, 1.165) is 18.4 Å². The van der Waals surface area contributed by atoms with Crippen LogP contribution >= 0.6 is 0 Å². The Bertz CT molecular complexity index is 785. The molecular weight excluding hydrogens is 404 g/mol. The van der Waals surface area contributed by atoms with E-state index < -0.39 is 10.0 Å². The minimum atomic E-state index is -3.46. The van der Waals surface area contributed by atoms with Crippen molar-refractivity contribution in [3.8, 4) is 0 Å². The average Bonchev–Trinajstić information content (AvgIpc) is 2.96. The second kappa shape index (κ2) is 13.0. The van der Waals surface area contributed by atoms with Crippen molar-refractivity contribution in [2.24, 2.45) is 0 Å². The zero-order valence-electron chi connectivity index (χ0n) is 18.2. The van der Waals surface area contributed by atoms with Crippen LogP contribution in [0.5, 0.6) is 0 Å². The fraction of sp³-hybridized carbons (Fsp3) is 0.524. The first-order valence-electron chi connectivity index (χ1n) is 10.1. The van der Waals surface area contributed by atoms with Crippen molar-refractivity contribution in [1.82, 2.24) is 19.4 Å². The molecule has 1 rings (SSSR count). The van der Waals surface area contributed by atoms with E-state index in [-0.39, 0.29) is 12.6 Å². The number of carbonyl (C=O) groups excluding carboxylic acids is 2. The number of rotatable bonds is 13. The molecule has 0 atom stereocenters. The van der Waals surface area contributed by atoms with Crippen LogP contribution in [0.3, 0.4) is 0 Å². The van der Waals surface area contributed by atoms with Crippen LogP contribution in [0.25, 0.3) is 0 Å². The fourth-order valence-corrected chi connectivity index (χ4v) is 3.90. The summed E-state index contributed by atoms with van der Waals surface area (Å²) >= 11 is 0. The van der Waals surface area contributed by atoms with E-state index in [9.17, 15) is 18.0 Å². The topological polar surface area (TPSA) is 90.0 Å². The minimum absolute atomic E-state index is 0.230. The summed E-state index contributed by atoms with van der Waals surface area (Å²) in [6.07, 6.45) is 11.3. The van der Waals surface area contributed by atoms with Crippen molar-refractivity contribution in [1.29, 1.82) is 0 Å². The lowest BCUT2D eigenvalue weighted by Gasteiger charge is -2.23. The maximum atomic E-state index is 12.6. The van der Waals surface area contributed by atoms with Gasteiger partial charge in [-0.25, -0.2) is 17.5 Å². The molecular formula is C21H34N4O4S. The Morgan fingerprint density at radius 1 is 1.23 bits per heavy atom. The molecule has 1 aliphatic carbocycles. The van der Waals surface area contributed by atoms with Crippen molar-refractivity contribution < 1.29 is 18.0 Å². The smallest absolute Gasteiger partial charge is 0.317 e. The normalized spacial score (nSPS) is 13.9. The predicted octanol–water partition coefficient (Wildman–Crippen LogP) is 2.10. The summed E-state index contributed by atoms with van der Waals surface area (Å²) in [5.41, 5.74) is 0.806. The molecule has 0 unspecified atom stereocenters. The molecule has 0 aliphatic heterocycles. The second-order valence-electron chi connectivity index (χ2n) is 7.16. The highest BCUT2D eigenvalue weighted by Gasteiger charge is 2.20. The molecule has 0 bridgehead atoms. The van der Waals surface area contributed by atoms with Crippen molar-refractivity contribution >= 4 is 22.5 Å². The quantitative estimate of drug-likeness (QED) is 0.352. The number of hydrogen-bond acceptors (Lipinski definition) is 4. The largest absolute Gasteiger partial charge is 0.345 e. The number of nitrogens with one attached hydrogen (secondary N) is 1. The Morgan fingerprint density at radius 2 is 1.97 bits per heavy atom. The van der Waals surface area contributed by atoms with Gasteiger partial charge in [0, 0.05) is 53.2 Å². The standard InChI is InChI=1S/C21H34N4O4S/c1-5-13-24(18-26)15-8-16-25(14-6-2)21(27)22-17-19-9-7-10-20(12-11-19)30(28,29)23(3)4/h6-7,9,11-12,18H,2,5,8,10,13-17H2,1,3-4H3,(H,22,27). The Balaban J connectivity index is 2.66. The van der Waals surface area contributed by atoms with E-state index in [0.29, 0.717) is 43.9 Å². The molecule has 0 saturated heterocycles. The van der Waals surface area contributed by atoms with Crippen LogP contribution < -0.4 is 5.32 Å². The molecule has 0 fully saturated rings. The summed E-state index contributed by atoms with van der Waals surface area (Å²) in [4.78, 5) is 27.2. The van der Waals surface area contributed by atoms with Crippen molar-refractivity contribution in [2.75, 3.05) is 46.8 Å². The third kappa shape index (κ3) is 8.16. The van der Waals surface area contributed by atoms with Crippen LogP contribution in [-0.4, -0.2) is 81.8 Å². The van der Waals surface area contributed by atoms with Crippen LogP contribution in [0.1, 0.15) is 26.2 Å². The van der Waals surface area contributed by atoms with E-state index in [1.165, 1.54) is 18.4 Å². The summed E-state index contributed by atoms with van der Waals surface area (Å²) in [6, 6.07) is -0.230. The molecule has 168 valence electrons. The summed E-state index contributed by atoms with van der Waals surface area (Å²) in [5, 5.41) is 2.87. The average molecular weight is 439 g/mol. The molecule has 0 spiro atoms. The van der Waals surface area contributed by atoms with Gasteiger partial charge >= 0.3 is 6.03 Å². The van der Waals surface area contributed by atoms with E-state index in [4.69, 9.17) is 0 Å². The molecule has 0 aromatic heterocycles. The number of nitrogens with zero attached hydrogens (tertiary/aromatic N) is 3. The Morgan fingerprint density at radius 3 is 2.57 bits per heavy atom. The molecule has 0 saturated carbocycles. The van der Waals surface area contributed by atoms with E-state index >= 15 is 0 Å². The van der Waals surface area contributed by atoms with E-state index in [1.807, 2.05) is 13.0 Å². The Labute approximate surface area is 180 Å². The maximum Gasteiger partial charge on any atom is 0.317 e. The molecule has 0 radical (unpaired) electrons. The van der Waals surface area contributed by atoms with Crippen LogP contribution in [0.15, 0.2) is 47.4 Å². The third-order valence-corrected chi connectivity index (χ3v) is 6.49. The molecule has 1 aliphatic rings. The second-order valence-corrected chi connectivity index (χ2v) is 9.36. The Kier molecular flexibility index (Phi) is 11.1. The van der Waals surface area contributed by atoms with Crippen LogP contribution in [0, 0.1) is 0 Å². The van der Waals surface area contributed by atoms with Gasteiger partial charge in [0.15, 0.2) is 0 Å². The first kappa shape index (κ1) is 25.6. The molecule has 30 heavy (non-hydrogen) atoms. The van der Waals surface area contributed by atoms with Gasteiger partial charge in [-0.3, -0.25) is 4.79 Å². The monoisotopic (exact) mass is 438 g/mol. The van der Waals surface area contributed by atoms with Gasteiger partial charge in [-0.15, -0.1) is 6.58 Å². The molecule has 8 nitrogen and oxygen atoms in total. The number of urea groups is 1. The summed E-state index contributed by atoms with van der Waals surface area (Å²) < 4.78 is 25.7. The van der Waals surface area contributed by atoms with Gasteiger partial charge in [0.05, 0.1) is 4.91 Å². The Hall–Kier alpha value is -2.39. The number of sulfonamides is 1. The molecule has 0 aromatic carbocycles.